The Labute approximate surface area is 168 Å². The number of nitrogens with two attached hydrogens (primary N) is 1. The molecule has 2 amide bonds. The Kier molecular flexibility index (Phi) is 6.71. The Morgan fingerprint density at radius 2 is 1.89 bits per heavy atom. The zero-order valence-corrected chi connectivity index (χ0v) is 16.5. The van der Waals surface area contributed by atoms with Crippen LogP contribution >= 0.6 is 11.8 Å². The molecule has 2 N–H and O–H groups in total. The third-order valence-electron chi connectivity index (χ3n) is 4.39. The van der Waals surface area contributed by atoms with E-state index in [4.69, 9.17) is 10.5 Å². The van der Waals surface area contributed by atoms with Gasteiger partial charge < -0.3 is 10.5 Å². The highest BCUT2D eigenvalue weighted by atomic mass is 32.2. The first kappa shape index (κ1) is 19.9. The van der Waals surface area contributed by atoms with Crippen LogP contribution in [0.25, 0.3) is 0 Å². The van der Waals surface area contributed by atoms with E-state index in [0.29, 0.717) is 11.7 Å². The highest BCUT2D eigenvalue weighted by Gasteiger charge is 2.38. The minimum Gasteiger partial charge on any atom is -0.497 e. The van der Waals surface area contributed by atoms with Gasteiger partial charge in [-0.15, -0.1) is 0 Å². The lowest BCUT2D eigenvalue weighted by Gasteiger charge is -2.16. The largest absolute Gasteiger partial charge is 0.497 e. The second-order valence-corrected chi connectivity index (χ2v) is 7.62. The van der Waals surface area contributed by atoms with Gasteiger partial charge in [0.05, 0.1) is 12.8 Å². The molecular weight excluding hydrogens is 374 g/mol. The maximum Gasteiger partial charge on any atom is 0.242 e. The summed E-state index contributed by atoms with van der Waals surface area (Å²) in [6.07, 6.45) is 1.69. The maximum absolute atomic E-state index is 12.8. The minimum atomic E-state index is -0.508. The molecule has 3 rings (SSSR count). The van der Waals surface area contributed by atoms with E-state index in [1.165, 1.54) is 17.3 Å². The summed E-state index contributed by atoms with van der Waals surface area (Å²) in [4.78, 5) is 30.4. The van der Waals surface area contributed by atoms with Crippen LogP contribution < -0.4 is 10.5 Å². The zero-order valence-electron chi connectivity index (χ0n) is 15.7. The summed E-state index contributed by atoms with van der Waals surface area (Å²) in [5.74, 6) is 0.148. The summed E-state index contributed by atoms with van der Waals surface area (Å²) in [6, 6.07) is 17.4. The molecule has 1 aliphatic heterocycles. The molecule has 0 aliphatic carbocycles. The first-order valence-electron chi connectivity index (χ1n) is 9.10. The van der Waals surface area contributed by atoms with E-state index in [9.17, 15) is 9.59 Å². The average molecular weight is 398 g/mol. The van der Waals surface area contributed by atoms with Crippen LogP contribution in [0.15, 0.2) is 59.6 Å². The average Bonchev–Trinajstić information content (AvgIpc) is 2.97. The van der Waals surface area contributed by atoms with E-state index in [1.54, 1.807) is 12.0 Å². The standard InChI is InChI=1S/C21H23N3O3S/c1-27-17-11-9-16(10-12-17)23-21-24(20(26)18(28-21)14-19(22)25)13-5-8-15-6-3-2-4-7-15/h2-4,6-7,9-12,18H,5,8,13-14H2,1H3,(H2,22,25). The number of rotatable bonds is 8. The second kappa shape index (κ2) is 9.41. The lowest BCUT2D eigenvalue weighted by molar-refractivity contribution is -0.128. The van der Waals surface area contributed by atoms with Crippen molar-refractivity contribution in [3.8, 4) is 5.75 Å². The number of thioether (sulfide) groups is 1. The summed E-state index contributed by atoms with van der Waals surface area (Å²) >= 11 is 1.30. The summed E-state index contributed by atoms with van der Waals surface area (Å²) in [6.45, 7) is 0.547. The van der Waals surface area contributed by atoms with Crippen molar-refractivity contribution < 1.29 is 14.3 Å². The molecule has 7 heteroatoms. The Bertz CT molecular complexity index is 853. The number of amides is 2. The molecule has 0 aromatic heterocycles. The monoisotopic (exact) mass is 397 g/mol. The van der Waals surface area contributed by atoms with Crippen LogP contribution in [0.5, 0.6) is 5.75 Å². The SMILES string of the molecule is COc1ccc(N=C2SC(CC(N)=O)C(=O)N2CCCc2ccccc2)cc1. The number of benzene rings is 2. The van der Waals surface area contributed by atoms with Gasteiger partial charge in [0.1, 0.15) is 11.0 Å². The Morgan fingerprint density at radius 3 is 2.54 bits per heavy atom. The molecule has 28 heavy (non-hydrogen) atoms. The van der Waals surface area contributed by atoms with Gasteiger partial charge in [-0.2, -0.15) is 0 Å². The molecule has 1 heterocycles. The van der Waals surface area contributed by atoms with Crippen molar-refractivity contribution in [3.05, 3.63) is 60.2 Å². The highest BCUT2D eigenvalue weighted by molar-refractivity contribution is 8.15. The molecule has 1 unspecified atom stereocenters. The van der Waals surface area contributed by atoms with E-state index < -0.39 is 11.2 Å². The van der Waals surface area contributed by atoms with Crippen LogP contribution in [-0.2, 0) is 16.0 Å². The number of primary amides is 1. The number of hydrogen-bond donors (Lipinski definition) is 1. The van der Waals surface area contributed by atoms with E-state index in [-0.39, 0.29) is 12.3 Å². The van der Waals surface area contributed by atoms with Crippen molar-refractivity contribution in [1.29, 1.82) is 0 Å². The normalized spacial score (nSPS) is 17.9. The van der Waals surface area contributed by atoms with Crippen LogP contribution in [0.1, 0.15) is 18.4 Å². The fraction of sp³-hybridized carbons (Fsp3) is 0.286. The van der Waals surface area contributed by atoms with Gasteiger partial charge in [-0.3, -0.25) is 14.5 Å². The van der Waals surface area contributed by atoms with Crippen molar-refractivity contribution in [2.24, 2.45) is 10.7 Å². The second-order valence-electron chi connectivity index (χ2n) is 6.45. The number of aryl methyl sites for hydroxylation is 1. The fourth-order valence-corrected chi connectivity index (χ4v) is 4.16. The van der Waals surface area contributed by atoms with Gasteiger partial charge in [0.15, 0.2) is 5.17 Å². The van der Waals surface area contributed by atoms with Crippen LogP contribution in [0.2, 0.25) is 0 Å². The molecule has 1 saturated heterocycles. The summed E-state index contributed by atoms with van der Waals surface area (Å²) in [7, 11) is 1.61. The topological polar surface area (TPSA) is 85.0 Å². The van der Waals surface area contributed by atoms with Crippen molar-refractivity contribution in [2.45, 2.75) is 24.5 Å². The highest BCUT2D eigenvalue weighted by Crippen LogP contribution is 2.32. The Hall–Kier alpha value is -2.80. The number of amidine groups is 1. The smallest absolute Gasteiger partial charge is 0.242 e. The molecule has 1 aliphatic rings. The van der Waals surface area contributed by atoms with Crippen LogP contribution in [-0.4, -0.2) is 40.8 Å². The van der Waals surface area contributed by atoms with E-state index >= 15 is 0 Å². The van der Waals surface area contributed by atoms with Crippen molar-refractivity contribution in [1.82, 2.24) is 4.90 Å². The molecule has 2 aromatic carbocycles. The molecule has 0 saturated carbocycles. The van der Waals surface area contributed by atoms with Crippen molar-refractivity contribution in [3.63, 3.8) is 0 Å². The number of nitrogens with zero attached hydrogens (tertiary/aromatic N) is 2. The number of hydrogen-bond acceptors (Lipinski definition) is 5. The molecule has 1 atom stereocenters. The van der Waals surface area contributed by atoms with Gasteiger partial charge >= 0.3 is 0 Å². The fourth-order valence-electron chi connectivity index (χ4n) is 2.97. The molecule has 2 aromatic rings. The minimum absolute atomic E-state index is 0.0142. The molecule has 0 spiro atoms. The Balaban J connectivity index is 1.74. The van der Waals surface area contributed by atoms with E-state index in [1.807, 2.05) is 42.5 Å². The van der Waals surface area contributed by atoms with Crippen molar-refractivity contribution in [2.75, 3.05) is 13.7 Å². The van der Waals surface area contributed by atoms with Gasteiger partial charge in [0.25, 0.3) is 0 Å². The number of methoxy groups -OCH3 is 1. The third-order valence-corrected chi connectivity index (χ3v) is 5.57. The van der Waals surface area contributed by atoms with Gasteiger partial charge in [-0.25, -0.2) is 4.99 Å². The first-order valence-corrected chi connectivity index (χ1v) is 9.98. The summed E-state index contributed by atoms with van der Waals surface area (Å²) in [5.41, 5.74) is 7.26. The van der Waals surface area contributed by atoms with Crippen LogP contribution in [0.3, 0.4) is 0 Å². The number of aliphatic imine (C=N–C) groups is 1. The number of carbonyl (C=O) groups is 2. The number of carbonyl (C=O) groups excluding carboxylic acids is 2. The van der Waals surface area contributed by atoms with Crippen molar-refractivity contribution >= 4 is 34.4 Å². The first-order chi connectivity index (χ1) is 13.6. The van der Waals surface area contributed by atoms with Crippen LogP contribution in [0, 0.1) is 0 Å². The van der Waals surface area contributed by atoms with Crippen LogP contribution in [0.4, 0.5) is 5.69 Å². The molecule has 6 nitrogen and oxygen atoms in total. The predicted molar refractivity (Wildman–Crippen MR) is 112 cm³/mol. The van der Waals surface area contributed by atoms with E-state index in [2.05, 4.69) is 17.1 Å². The number of ether oxygens (including phenoxy) is 1. The predicted octanol–water partition coefficient (Wildman–Crippen LogP) is 3.13. The van der Waals surface area contributed by atoms with Gasteiger partial charge in [-0.05, 0) is 42.7 Å². The molecule has 0 radical (unpaired) electrons. The summed E-state index contributed by atoms with van der Waals surface area (Å²) < 4.78 is 5.16. The van der Waals surface area contributed by atoms with Gasteiger partial charge in [0.2, 0.25) is 11.8 Å². The lowest BCUT2D eigenvalue weighted by atomic mass is 10.1. The Morgan fingerprint density at radius 1 is 1.18 bits per heavy atom. The quantitative estimate of drug-likeness (QED) is 0.742. The molecule has 0 bridgehead atoms. The zero-order chi connectivity index (χ0) is 19.9. The molecule has 1 fully saturated rings. The maximum atomic E-state index is 12.8. The summed E-state index contributed by atoms with van der Waals surface area (Å²) in [5, 5.41) is 0.0979. The van der Waals surface area contributed by atoms with Gasteiger partial charge in [0, 0.05) is 13.0 Å². The molecular formula is C21H23N3O3S. The molecule has 146 valence electrons. The van der Waals surface area contributed by atoms with Gasteiger partial charge in [-0.1, -0.05) is 42.1 Å². The van der Waals surface area contributed by atoms with E-state index in [0.717, 1.165) is 24.3 Å². The third kappa shape index (κ3) is 5.13. The lowest BCUT2D eigenvalue weighted by Crippen LogP contribution is -2.34.